The topological polar surface area (TPSA) is 406 Å². The maximum Gasteiger partial charge on any atom is 0.303 e. The molecule has 28 heteroatoms. The summed E-state index contributed by atoms with van der Waals surface area (Å²) in [5, 5.41) is 88.6. The highest BCUT2D eigenvalue weighted by atomic mass is 35.5. The number of carbonyl (C=O) groups is 4. The van der Waals surface area contributed by atoms with E-state index in [0.29, 0.717) is 70.8 Å². The monoisotopic (exact) mass is 1520 g/mol. The van der Waals surface area contributed by atoms with E-state index in [1.807, 2.05) is 106 Å². The Labute approximate surface area is 623 Å². The number of benzene rings is 6. The number of hydrogen-bond donors (Lipinski definition) is 9. The van der Waals surface area contributed by atoms with E-state index >= 15 is 0 Å². The van der Waals surface area contributed by atoms with Gasteiger partial charge in [-0.3, -0.25) is 19.2 Å². The van der Waals surface area contributed by atoms with Gasteiger partial charge in [0, 0.05) is 49.4 Å². The van der Waals surface area contributed by atoms with E-state index in [1.54, 1.807) is 49.4 Å². The molecule has 0 amide bonds. The van der Waals surface area contributed by atoms with E-state index in [2.05, 4.69) is 0 Å². The molecule has 9 rings (SSSR count). The Bertz CT molecular complexity index is 3380. The second-order valence-electron chi connectivity index (χ2n) is 23.2. The number of ether oxygens (including phenoxy) is 10. The second-order valence-corrected chi connectivity index (χ2v) is 24.5. The van der Waals surface area contributed by atoms with Crippen molar-refractivity contribution in [2.45, 2.75) is 188 Å². The third kappa shape index (κ3) is 27.0. The lowest BCUT2D eigenvalue weighted by molar-refractivity contribution is -0.254. The van der Waals surface area contributed by atoms with Crippen LogP contribution in [-0.2, 0) is 71.6 Å². The molecular formula is C76H105Cl3O25. The van der Waals surface area contributed by atoms with Crippen molar-refractivity contribution >= 4 is 58.7 Å². The van der Waals surface area contributed by atoms with Crippen molar-refractivity contribution < 1.29 is 123 Å². The van der Waals surface area contributed by atoms with Crippen LogP contribution >= 0.6 is 34.8 Å². The molecule has 6 aromatic rings. The fraction of sp³-hybridized carbons (Fsp3) is 0.474. The van der Waals surface area contributed by atoms with Gasteiger partial charge < -0.3 is 104 Å². The first kappa shape index (κ1) is 94.9. The van der Waals surface area contributed by atoms with E-state index in [4.69, 9.17) is 87.3 Å². The molecule has 0 radical (unpaired) electrons. The highest BCUT2D eigenvalue weighted by molar-refractivity contribution is 6.32. The molecule has 3 aliphatic heterocycles. The van der Waals surface area contributed by atoms with E-state index in [1.165, 1.54) is 27.7 Å². The minimum atomic E-state index is -1.42. The first-order valence-corrected chi connectivity index (χ1v) is 33.4. The molecule has 15 atom stereocenters. The van der Waals surface area contributed by atoms with E-state index in [0.717, 1.165) is 50.6 Å². The molecule has 0 spiro atoms. The van der Waals surface area contributed by atoms with Gasteiger partial charge in [0.15, 0.2) is 18.3 Å². The Kier molecular flexibility index (Phi) is 42.7. The molecule has 104 heavy (non-hydrogen) atoms. The fourth-order valence-corrected chi connectivity index (χ4v) is 11.8. The van der Waals surface area contributed by atoms with Crippen LogP contribution in [0.3, 0.4) is 0 Å². The van der Waals surface area contributed by atoms with Crippen LogP contribution in [0, 0.1) is 0 Å². The van der Waals surface area contributed by atoms with Crippen molar-refractivity contribution in [1.29, 1.82) is 0 Å². The second kappa shape index (κ2) is 46.8. The molecule has 3 aliphatic rings. The number of hydrogen-bond acceptors (Lipinski definition) is 23. The fourth-order valence-electron chi connectivity index (χ4n) is 11.2. The summed E-state index contributed by atoms with van der Waals surface area (Å²) in [6, 6.07) is 38.7. The first-order chi connectivity index (χ1) is 47.3. The van der Waals surface area contributed by atoms with Crippen molar-refractivity contribution in [3.63, 3.8) is 0 Å². The van der Waals surface area contributed by atoms with Crippen LogP contribution in [0.4, 0.5) is 0 Å². The quantitative estimate of drug-likeness (QED) is 0.0229. The Morgan fingerprint density at radius 1 is 0.385 bits per heavy atom. The lowest BCUT2D eigenvalue weighted by atomic mass is 9.89. The van der Waals surface area contributed by atoms with Crippen LogP contribution in [0.2, 0.25) is 15.1 Å². The summed E-state index contributed by atoms with van der Waals surface area (Å²) in [6.45, 7) is 13.0. The highest BCUT2D eigenvalue weighted by Crippen LogP contribution is 2.41. The summed E-state index contributed by atoms with van der Waals surface area (Å²) in [6.07, 6.45) is -16.0. The van der Waals surface area contributed by atoms with E-state index in [9.17, 15) is 60.0 Å². The van der Waals surface area contributed by atoms with Gasteiger partial charge in [0.25, 0.3) is 0 Å². The van der Waals surface area contributed by atoms with Crippen molar-refractivity contribution in [1.82, 2.24) is 0 Å². The number of carbonyl (C=O) groups excluding carboxylic acids is 4. The molecule has 3 heterocycles. The molecular weight excluding hydrogens is 1420 g/mol. The van der Waals surface area contributed by atoms with Gasteiger partial charge in [-0.2, -0.15) is 0 Å². The molecule has 6 aromatic carbocycles. The number of esters is 4. The van der Waals surface area contributed by atoms with E-state index in [-0.39, 0.29) is 46.4 Å². The Balaban J connectivity index is 0.000000762. The summed E-state index contributed by atoms with van der Waals surface area (Å²) < 4.78 is 55.7. The van der Waals surface area contributed by atoms with Crippen molar-refractivity contribution in [2.75, 3.05) is 46.2 Å². The average molecular weight is 1530 g/mol. The molecule has 0 aromatic heterocycles. The zero-order valence-electron chi connectivity index (χ0n) is 57.2. The lowest BCUT2D eigenvalue weighted by Crippen LogP contribution is -2.59. The van der Waals surface area contributed by atoms with Crippen LogP contribution in [0.5, 0.6) is 17.2 Å². The van der Waals surface area contributed by atoms with Gasteiger partial charge in [-0.15, -0.1) is 0 Å². The van der Waals surface area contributed by atoms with Crippen LogP contribution in [-0.4, -0.2) is 200 Å². The van der Waals surface area contributed by atoms with Crippen molar-refractivity contribution in [3.05, 3.63) is 193 Å². The molecule has 3 fully saturated rings. The van der Waals surface area contributed by atoms with Gasteiger partial charge in [0.1, 0.15) is 97.1 Å². The molecule has 0 saturated carbocycles. The first-order valence-electron chi connectivity index (χ1n) is 32.3. The number of aliphatic hydroxyl groups is 9. The lowest BCUT2D eigenvalue weighted by Gasteiger charge is -2.44. The minimum absolute atomic E-state index is 0. The Morgan fingerprint density at radius 3 is 0.962 bits per heavy atom. The number of halogens is 3. The molecule has 0 aliphatic carbocycles. The third-order valence-corrected chi connectivity index (χ3v) is 17.0. The van der Waals surface area contributed by atoms with Crippen molar-refractivity contribution in [3.8, 4) is 17.2 Å². The van der Waals surface area contributed by atoms with Gasteiger partial charge in [-0.05, 0) is 152 Å². The zero-order chi connectivity index (χ0) is 72.6. The van der Waals surface area contributed by atoms with E-state index < -0.39 is 129 Å². The summed E-state index contributed by atoms with van der Waals surface area (Å²) >= 11 is 19.2. The summed E-state index contributed by atoms with van der Waals surface area (Å²) in [5.41, 5.74) is 7.26. The van der Waals surface area contributed by atoms with Gasteiger partial charge in [-0.25, -0.2) is 0 Å². The molecule has 0 unspecified atom stereocenters. The Morgan fingerprint density at radius 2 is 0.673 bits per heavy atom. The molecule has 0 bridgehead atoms. The van der Waals surface area contributed by atoms with Gasteiger partial charge in [0.05, 0.1) is 33.0 Å². The summed E-state index contributed by atoms with van der Waals surface area (Å²) in [5.74, 6) is -0.291. The van der Waals surface area contributed by atoms with Crippen LogP contribution in [0.1, 0.15) is 146 Å². The molecule has 580 valence electrons. The number of rotatable bonds is 22. The average Bonchev–Trinajstić information content (AvgIpc) is 0.781. The Hall–Kier alpha value is -7.09. The highest BCUT2D eigenvalue weighted by Gasteiger charge is 2.53. The normalized spacial score (nSPS) is 23.5. The van der Waals surface area contributed by atoms with Crippen LogP contribution in [0.25, 0.3) is 0 Å². The molecule has 25 nitrogen and oxygen atoms in total. The summed E-state index contributed by atoms with van der Waals surface area (Å²) in [7, 11) is 0. The smallest absolute Gasteiger partial charge is 0.303 e. The maximum absolute atomic E-state index is 12.2. The number of aliphatic hydroxyl groups excluding tert-OH is 9. The van der Waals surface area contributed by atoms with Crippen LogP contribution in [0.15, 0.2) is 127 Å². The standard InChI is InChI=1S/C29H33ClO10.2C21H25ClO6.C2H6O.3CH4.2H2O/c1-6-35-23-10-7-20(8-11-23)13-22-14-21(9-12-24(22)30)26-28(38-18(4)33)29(39-19(5)34)27(37-17(3)32)25(40-26)15-36-16(2)31;2*1-2-27-15-6-3-12(4-7-15)9-14-10-13(5-8-16(14)22)21-20(26)19(25)18(24)17(11-23)28-21;1-2-3;;;;;/h7-12,14,25-29H,6,13,15H2,1-5H3;2*3-8,10,17-21,23-26H,2,9,11H2,1H3;3H,2H2,1H3;3*1H4;2*1H2/t25-,26+,27-,28+,29+;2*17-,18-,19+,20-,21+;;;;;;/m111....../s1. The largest absolute Gasteiger partial charge is 0.494 e. The van der Waals surface area contributed by atoms with Crippen molar-refractivity contribution in [2.24, 2.45) is 0 Å². The predicted molar refractivity (Wildman–Crippen MR) is 392 cm³/mol. The minimum Gasteiger partial charge on any atom is -0.494 e. The predicted octanol–water partition coefficient (Wildman–Crippen LogP) is 8.07. The van der Waals surface area contributed by atoms with Crippen LogP contribution < -0.4 is 14.2 Å². The maximum atomic E-state index is 12.2. The van der Waals surface area contributed by atoms with Gasteiger partial charge in [0.2, 0.25) is 0 Å². The summed E-state index contributed by atoms with van der Waals surface area (Å²) in [4.78, 5) is 47.8. The van der Waals surface area contributed by atoms with Gasteiger partial charge in [-0.1, -0.05) is 130 Å². The SMILES string of the molecule is C.C.C.CCO.CCOc1ccc(Cc2cc([C@@H]3O[C@H](CO)[C@@H](O)[C@H](O)[C@H]3O)ccc2Cl)cc1.CCOc1ccc(Cc2cc([C@@H]3O[C@H](CO)[C@@H](O)[C@H](O)[C@H]3O)ccc2Cl)cc1.CCOc1ccc(Cc2cc([C@@H]3O[C@H](COC(C)=O)[C@@H](OC(C)=O)[C@H](OC(C)=O)[C@H]3OC(C)=O)ccc2Cl)cc1.O.O. The van der Waals surface area contributed by atoms with Gasteiger partial charge >= 0.3 is 23.9 Å². The zero-order valence-corrected chi connectivity index (χ0v) is 59.5. The third-order valence-electron chi connectivity index (χ3n) is 15.9. The molecule has 13 N–H and O–H groups in total. The molecule has 3 saturated heterocycles.